The van der Waals surface area contributed by atoms with Crippen LogP contribution in [0.2, 0.25) is 0 Å². The topological polar surface area (TPSA) is 87.5 Å². The molecule has 5 rings (SSSR count). The average molecular weight is 431 g/mol. The monoisotopic (exact) mass is 430 g/mol. The van der Waals surface area contributed by atoms with Gasteiger partial charge in [-0.2, -0.15) is 5.10 Å². The summed E-state index contributed by atoms with van der Waals surface area (Å²) in [7, 11) is -2.25. The third kappa shape index (κ3) is 3.46. The van der Waals surface area contributed by atoms with Gasteiger partial charge >= 0.3 is 0 Å². The average Bonchev–Trinajstić information content (AvgIpc) is 3.45. The molecule has 2 aliphatic carbocycles. The number of carbonyl (C=O) groups excluding carboxylic acids is 1. The highest BCUT2D eigenvalue weighted by Gasteiger charge is 2.30. The molecule has 7 nitrogen and oxygen atoms in total. The van der Waals surface area contributed by atoms with Crippen LogP contribution in [0.4, 0.5) is 0 Å². The van der Waals surface area contributed by atoms with Crippen molar-refractivity contribution in [3.05, 3.63) is 39.9 Å². The van der Waals surface area contributed by atoms with Gasteiger partial charge in [0.15, 0.2) is 10.8 Å². The number of hydrogen-bond acceptors (Lipinski definition) is 6. The van der Waals surface area contributed by atoms with Gasteiger partial charge in [0.25, 0.3) is 0 Å². The molecule has 0 fully saturated rings. The number of ether oxygens (including phenoxy) is 2. The zero-order chi connectivity index (χ0) is 20.9. The number of aryl methyl sites for hydroxylation is 2. The van der Waals surface area contributed by atoms with E-state index in [0.717, 1.165) is 44.1 Å². The van der Waals surface area contributed by atoms with Crippen molar-refractivity contribution in [1.82, 2.24) is 9.78 Å². The molecule has 1 atom stereocenters. The second-order valence-electron chi connectivity index (χ2n) is 8.48. The number of nitrogens with zero attached hydrogens (tertiary/aromatic N) is 2. The lowest BCUT2D eigenvalue weighted by Crippen LogP contribution is -2.31. The fourth-order valence-electron chi connectivity index (χ4n) is 5.02. The molecule has 8 heteroatoms. The van der Waals surface area contributed by atoms with Crippen molar-refractivity contribution in [3.8, 4) is 5.88 Å². The Balaban J connectivity index is 1.36. The fraction of sp³-hybridized carbons (Fsp3) is 0.545. The maximum absolute atomic E-state index is 12.9. The van der Waals surface area contributed by atoms with E-state index in [2.05, 4.69) is 11.2 Å². The third-order valence-electron chi connectivity index (χ3n) is 6.49. The van der Waals surface area contributed by atoms with Crippen LogP contribution in [0.3, 0.4) is 0 Å². The van der Waals surface area contributed by atoms with Gasteiger partial charge in [-0.15, -0.1) is 0 Å². The normalized spacial score (nSPS) is 19.8. The molecule has 0 radical (unpaired) electrons. The minimum absolute atomic E-state index is 0.105. The summed E-state index contributed by atoms with van der Waals surface area (Å²) in [4.78, 5) is 12.9. The number of aromatic nitrogens is 2. The molecule has 2 heterocycles. The minimum atomic E-state index is -3.83. The van der Waals surface area contributed by atoms with E-state index in [0.29, 0.717) is 19.0 Å². The Kier molecular flexibility index (Phi) is 4.94. The van der Waals surface area contributed by atoms with E-state index < -0.39 is 15.6 Å². The standard InChI is InChI=1S/C22H26N2O5S/c1-28-17-11-24-22(29-12-17)10-21(23-24)30(26,27)13-16(25)9-20-18-6-2-4-14(18)8-15-5-3-7-19(15)20/h8,10,17H,2-7,9,11-13H2,1H3. The quantitative estimate of drug-likeness (QED) is 0.695. The summed E-state index contributed by atoms with van der Waals surface area (Å²) in [5, 5.41) is 4.06. The Hall–Kier alpha value is -2.19. The molecule has 160 valence electrons. The smallest absolute Gasteiger partial charge is 0.213 e. The zero-order valence-corrected chi connectivity index (χ0v) is 18.0. The van der Waals surface area contributed by atoms with Crippen LogP contribution in [-0.4, -0.2) is 49.6 Å². The van der Waals surface area contributed by atoms with Crippen LogP contribution in [0.1, 0.15) is 40.7 Å². The molecule has 1 aromatic heterocycles. The van der Waals surface area contributed by atoms with E-state index >= 15 is 0 Å². The first-order valence-corrected chi connectivity index (χ1v) is 12.2. The second kappa shape index (κ2) is 7.50. The second-order valence-corrected chi connectivity index (χ2v) is 10.4. The number of sulfone groups is 1. The van der Waals surface area contributed by atoms with Crippen LogP contribution in [0.5, 0.6) is 5.88 Å². The number of fused-ring (bicyclic) bond motifs is 3. The van der Waals surface area contributed by atoms with Gasteiger partial charge in [-0.25, -0.2) is 13.1 Å². The molecule has 0 bridgehead atoms. The molecule has 0 saturated heterocycles. The largest absolute Gasteiger partial charge is 0.475 e. The van der Waals surface area contributed by atoms with Gasteiger partial charge in [-0.1, -0.05) is 6.07 Å². The molecule has 1 aromatic carbocycles. The summed E-state index contributed by atoms with van der Waals surface area (Å²) in [5.41, 5.74) is 6.39. The predicted octanol–water partition coefficient (Wildman–Crippen LogP) is 1.85. The van der Waals surface area contributed by atoms with Crippen LogP contribution in [0, 0.1) is 0 Å². The van der Waals surface area contributed by atoms with Crippen molar-refractivity contribution in [2.24, 2.45) is 0 Å². The summed E-state index contributed by atoms with van der Waals surface area (Å²) in [5.74, 6) is -0.408. The highest BCUT2D eigenvalue weighted by atomic mass is 32.2. The van der Waals surface area contributed by atoms with E-state index in [1.54, 1.807) is 7.11 Å². The van der Waals surface area contributed by atoms with Gasteiger partial charge in [0.05, 0.1) is 6.54 Å². The number of methoxy groups -OCH3 is 1. The van der Waals surface area contributed by atoms with E-state index in [1.165, 1.54) is 33.0 Å². The number of rotatable bonds is 6. The molecule has 30 heavy (non-hydrogen) atoms. The van der Waals surface area contributed by atoms with Gasteiger partial charge < -0.3 is 9.47 Å². The molecule has 3 aliphatic rings. The van der Waals surface area contributed by atoms with Crippen molar-refractivity contribution in [3.63, 3.8) is 0 Å². The molecule has 0 amide bonds. The molecular formula is C22H26N2O5S. The first kappa shape index (κ1) is 19.8. The van der Waals surface area contributed by atoms with E-state index in [-0.39, 0.29) is 23.3 Å². The molecular weight excluding hydrogens is 404 g/mol. The molecule has 2 aromatic rings. The highest BCUT2D eigenvalue weighted by Crippen LogP contribution is 2.35. The number of benzene rings is 1. The lowest BCUT2D eigenvalue weighted by atomic mass is 9.91. The zero-order valence-electron chi connectivity index (χ0n) is 17.1. The summed E-state index contributed by atoms with van der Waals surface area (Å²) >= 11 is 0. The molecule has 1 aliphatic heterocycles. The number of carbonyl (C=O) groups is 1. The molecule has 0 N–H and O–H groups in total. The summed E-state index contributed by atoms with van der Waals surface area (Å²) < 4.78 is 38.1. The Bertz CT molecular complexity index is 1090. The first-order chi connectivity index (χ1) is 14.4. The van der Waals surface area contributed by atoms with E-state index in [1.807, 2.05) is 0 Å². The van der Waals surface area contributed by atoms with Gasteiger partial charge in [0, 0.05) is 19.6 Å². The lowest BCUT2D eigenvalue weighted by molar-refractivity contribution is -0.116. The maximum atomic E-state index is 12.9. The van der Waals surface area contributed by atoms with Crippen molar-refractivity contribution in [2.75, 3.05) is 19.5 Å². The van der Waals surface area contributed by atoms with Gasteiger partial charge in [0.2, 0.25) is 15.7 Å². The molecule has 0 saturated carbocycles. The van der Waals surface area contributed by atoms with Crippen molar-refractivity contribution in [1.29, 1.82) is 0 Å². The number of ketones is 1. The van der Waals surface area contributed by atoms with Crippen LogP contribution < -0.4 is 4.74 Å². The third-order valence-corrected chi connectivity index (χ3v) is 8.03. The van der Waals surface area contributed by atoms with Gasteiger partial charge in [0.1, 0.15) is 18.5 Å². The summed E-state index contributed by atoms with van der Waals surface area (Å²) in [6, 6.07) is 3.73. The number of hydrogen-bond donors (Lipinski definition) is 0. The lowest BCUT2D eigenvalue weighted by Gasteiger charge is -2.22. The summed E-state index contributed by atoms with van der Waals surface area (Å²) in [6.45, 7) is 0.780. The van der Waals surface area contributed by atoms with E-state index in [4.69, 9.17) is 9.47 Å². The van der Waals surface area contributed by atoms with Gasteiger partial charge in [-0.05, 0) is 66.3 Å². The predicted molar refractivity (Wildman–Crippen MR) is 110 cm³/mol. The van der Waals surface area contributed by atoms with Crippen LogP contribution in [0.15, 0.2) is 17.2 Å². The van der Waals surface area contributed by atoms with Crippen molar-refractivity contribution >= 4 is 15.6 Å². The van der Waals surface area contributed by atoms with Crippen molar-refractivity contribution in [2.45, 2.75) is 62.6 Å². The maximum Gasteiger partial charge on any atom is 0.213 e. The Morgan fingerprint density at radius 1 is 1.17 bits per heavy atom. The van der Waals surface area contributed by atoms with Crippen LogP contribution in [-0.2, 0) is 58.0 Å². The number of Topliss-reactive ketones (excluding diaryl/α,β-unsaturated/α-hetero) is 1. The van der Waals surface area contributed by atoms with Crippen LogP contribution >= 0.6 is 0 Å². The summed E-state index contributed by atoms with van der Waals surface area (Å²) in [6.07, 6.45) is 6.35. The SMILES string of the molecule is COC1COc2cc(S(=O)(=O)CC(=O)Cc3c4c(cc5c3CCC5)CCC4)nn2C1. The molecule has 1 unspecified atom stereocenters. The van der Waals surface area contributed by atoms with Crippen molar-refractivity contribution < 1.29 is 22.7 Å². The van der Waals surface area contributed by atoms with Crippen LogP contribution in [0.25, 0.3) is 0 Å². The van der Waals surface area contributed by atoms with E-state index in [9.17, 15) is 13.2 Å². The fourth-order valence-corrected chi connectivity index (χ4v) is 6.20. The first-order valence-electron chi connectivity index (χ1n) is 10.6. The van der Waals surface area contributed by atoms with Gasteiger partial charge in [-0.3, -0.25) is 4.79 Å². The molecule has 0 spiro atoms. The Morgan fingerprint density at radius 3 is 2.53 bits per heavy atom. The minimum Gasteiger partial charge on any atom is -0.475 e. The Labute approximate surface area is 176 Å². The highest BCUT2D eigenvalue weighted by molar-refractivity contribution is 7.92. The Morgan fingerprint density at radius 2 is 1.87 bits per heavy atom.